The Morgan fingerprint density at radius 3 is 2.37 bits per heavy atom. The molecule has 1 heterocycles. The molecule has 0 aliphatic heterocycles. The number of H-pyrrole nitrogens is 1. The van der Waals surface area contributed by atoms with E-state index in [1.165, 1.54) is 43.7 Å². The van der Waals surface area contributed by atoms with Crippen LogP contribution >= 0.6 is 0 Å². The van der Waals surface area contributed by atoms with Crippen LogP contribution in [0.5, 0.6) is 0 Å². The Kier molecular flexibility index (Phi) is 2.02. The summed E-state index contributed by atoms with van der Waals surface area (Å²) in [5.41, 5.74) is 5.08. The number of aromatic amines is 1. The lowest BCUT2D eigenvalue weighted by atomic mass is 9.99. The third-order valence-electron chi connectivity index (χ3n) is 3.97. The highest BCUT2D eigenvalue weighted by Crippen LogP contribution is 2.34. The topological polar surface area (TPSA) is 15.8 Å². The fourth-order valence-electron chi connectivity index (χ4n) is 3.06. The van der Waals surface area contributed by atoms with Gasteiger partial charge in [0.15, 0.2) is 0 Å². The molecule has 0 saturated carbocycles. The molecule has 1 nitrogen and oxygen atoms in total. The number of aromatic nitrogens is 1. The molecule has 0 unspecified atom stereocenters. The van der Waals surface area contributed by atoms with E-state index in [-0.39, 0.29) is 0 Å². The third-order valence-corrected chi connectivity index (χ3v) is 3.97. The van der Waals surface area contributed by atoms with Crippen molar-refractivity contribution in [2.45, 2.75) is 13.8 Å². The lowest BCUT2D eigenvalue weighted by Gasteiger charge is -2.04. The van der Waals surface area contributed by atoms with E-state index in [0.717, 1.165) is 0 Å². The molecule has 0 radical (unpaired) electrons. The van der Waals surface area contributed by atoms with Crippen LogP contribution in [0.2, 0.25) is 0 Å². The van der Waals surface area contributed by atoms with Gasteiger partial charge in [-0.2, -0.15) is 0 Å². The number of rotatable bonds is 0. The molecule has 0 atom stereocenters. The van der Waals surface area contributed by atoms with Gasteiger partial charge in [0.05, 0.1) is 0 Å². The minimum absolute atomic E-state index is 1.22. The number of hydrogen-bond acceptors (Lipinski definition) is 0. The minimum atomic E-state index is 1.22. The number of aryl methyl sites for hydroxylation is 2. The van der Waals surface area contributed by atoms with Crippen molar-refractivity contribution in [3.05, 3.63) is 59.7 Å². The quantitative estimate of drug-likeness (QED) is 0.444. The van der Waals surface area contributed by atoms with Gasteiger partial charge in [-0.15, -0.1) is 0 Å². The lowest BCUT2D eigenvalue weighted by Crippen LogP contribution is -1.80. The molecule has 92 valence electrons. The summed E-state index contributed by atoms with van der Waals surface area (Å²) >= 11 is 0. The molecule has 3 aromatic carbocycles. The summed E-state index contributed by atoms with van der Waals surface area (Å²) in [6.07, 6.45) is 0. The minimum Gasteiger partial charge on any atom is -0.354 e. The van der Waals surface area contributed by atoms with E-state index in [2.05, 4.69) is 67.4 Å². The van der Waals surface area contributed by atoms with Crippen molar-refractivity contribution in [3.63, 3.8) is 0 Å². The molecule has 0 spiro atoms. The van der Waals surface area contributed by atoms with Gasteiger partial charge < -0.3 is 4.98 Å². The zero-order valence-corrected chi connectivity index (χ0v) is 11.1. The molecule has 0 fully saturated rings. The average molecular weight is 245 g/mol. The van der Waals surface area contributed by atoms with E-state index in [0.29, 0.717) is 0 Å². The normalized spacial score (nSPS) is 11.7. The molecule has 0 amide bonds. The second-order valence-electron chi connectivity index (χ2n) is 5.34. The van der Waals surface area contributed by atoms with E-state index in [9.17, 15) is 0 Å². The molecular formula is C18H15N. The Bertz CT molecular complexity index is 929. The predicted octanol–water partition coefficient (Wildman–Crippen LogP) is 5.09. The highest BCUT2D eigenvalue weighted by Gasteiger charge is 2.09. The van der Waals surface area contributed by atoms with Crippen molar-refractivity contribution in [1.29, 1.82) is 0 Å². The first-order valence-electron chi connectivity index (χ1n) is 6.64. The van der Waals surface area contributed by atoms with Gasteiger partial charge in [0, 0.05) is 21.8 Å². The van der Waals surface area contributed by atoms with Gasteiger partial charge in [0.25, 0.3) is 0 Å². The van der Waals surface area contributed by atoms with Gasteiger partial charge in [-0.1, -0.05) is 35.9 Å². The molecule has 1 aromatic heterocycles. The first kappa shape index (κ1) is 10.6. The molecule has 0 aliphatic rings. The second-order valence-corrected chi connectivity index (χ2v) is 5.34. The van der Waals surface area contributed by atoms with Crippen LogP contribution in [-0.2, 0) is 0 Å². The van der Waals surface area contributed by atoms with Crippen LogP contribution in [0, 0.1) is 13.8 Å². The van der Waals surface area contributed by atoms with Crippen LogP contribution in [0.4, 0.5) is 0 Å². The molecule has 4 aromatic rings. The van der Waals surface area contributed by atoms with E-state index in [1.54, 1.807) is 0 Å². The van der Waals surface area contributed by atoms with Crippen molar-refractivity contribution < 1.29 is 0 Å². The first-order chi connectivity index (χ1) is 9.24. The maximum absolute atomic E-state index is 3.54. The predicted molar refractivity (Wildman–Crippen MR) is 82.8 cm³/mol. The number of fused-ring (bicyclic) bond motifs is 5. The summed E-state index contributed by atoms with van der Waals surface area (Å²) in [6, 6.07) is 17.5. The molecule has 1 heteroatoms. The molecule has 0 aliphatic carbocycles. The summed E-state index contributed by atoms with van der Waals surface area (Å²) in [5.74, 6) is 0. The summed E-state index contributed by atoms with van der Waals surface area (Å²) in [5, 5.41) is 5.36. The van der Waals surface area contributed by atoms with Gasteiger partial charge in [0.2, 0.25) is 0 Å². The van der Waals surface area contributed by atoms with E-state index < -0.39 is 0 Å². The van der Waals surface area contributed by atoms with Crippen LogP contribution in [0.25, 0.3) is 32.6 Å². The number of benzene rings is 3. The SMILES string of the molecule is Cc1ccc2[nH]c3cc(C)c4ccccc4c3c2c1. The smallest absolute Gasteiger partial charge is 0.0474 e. The molecular weight excluding hydrogens is 230 g/mol. The Morgan fingerprint density at radius 1 is 0.737 bits per heavy atom. The van der Waals surface area contributed by atoms with Crippen LogP contribution in [0.3, 0.4) is 0 Å². The van der Waals surface area contributed by atoms with E-state index in [4.69, 9.17) is 0 Å². The molecule has 19 heavy (non-hydrogen) atoms. The Morgan fingerprint density at radius 2 is 1.53 bits per heavy atom. The van der Waals surface area contributed by atoms with Crippen LogP contribution < -0.4 is 0 Å². The lowest BCUT2D eigenvalue weighted by molar-refractivity contribution is 1.48. The number of hydrogen-bond donors (Lipinski definition) is 1. The van der Waals surface area contributed by atoms with Crippen molar-refractivity contribution in [1.82, 2.24) is 4.98 Å². The van der Waals surface area contributed by atoms with Gasteiger partial charge >= 0.3 is 0 Å². The van der Waals surface area contributed by atoms with Crippen LogP contribution in [0.15, 0.2) is 48.5 Å². The van der Waals surface area contributed by atoms with Crippen LogP contribution in [0.1, 0.15) is 11.1 Å². The molecule has 0 bridgehead atoms. The monoisotopic (exact) mass is 245 g/mol. The Balaban J connectivity index is 2.36. The van der Waals surface area contributed by atoms with Crippen molar-refractivity contribution >= 4 is 32.6 Å². The zero-order valence-electron chi connectivity index (χ0n) is 11.1. The first-order valence-corrected chi connectivity index (χ1v) is 6.64. The second kappa shape index (κ2) is 3.61. The van der Waals surface area contributed by atoms with Crippen molar-refractivity contribution in [2.24, 2.45) is 0 Å². The van der Waals surface area contributed by atoms with Gasteiger partial charge in [0.1, 0.15) is 0 Å². The third kappa shape index (κ3) is 1.42. The zero-order chi connectivity index (χ0) is 13.0. The van der Waals surface area contributed by atoms with Crippen molar-refractivity contribution in [2.75, 3.05) is 0 Å². The van der Waals surface area contributed by atoms with E-state index >= 15 is 0 Å². The standard InChI is InChI=1S/C18H15N/c1-11-7-8-16-15(9-11)18-14-6-4-3-5-13(14)12(2)10-17(18)19-16/h3-10,19H,1-2H3. The Hall–Kier alpha value is -2.28. The largest absolute Gasteiger partial charge is 0.354 e. The maximum Gasteiger partial charge on any atom is 0.0474 e. The fraction of sp³-hybridized carbons (Fsp3) is 0.111. The highest BCUT2D eigenvalue weighted by atomic mass is 14.7. The van der Waals surface area contributed by atoms with Crippen molar-refractivity contribution in [3.8, 4) is 0 Å². The summed E-state index contributed by atoms with van der Waals surface area (Å²) < 4.78 is 0. The maximum atomic E-state index is 3.54. The van der Waals surface area contributed by atoms with E-state index in [1.807, 2.05) is 0 Å². The molecule has 0 saturated heterocycles. The average Bonchev–Trinajstić information content (AvgIpc) is 2.76. The molecule has 4 rings (SSSR count). The van der Waals surface area contributed by atoms with Gasteiger partial charge in [-0.3, -0.25) is 0 Å². The molecule has 1 N–H and O–H groups in total. The Labute approximate surface area is 111 Å². The van der Waals surface area contributed by atoms with Gasteiger partial charge in [-0.05, 0) is 48.4 Å². The summed E-state index contributed by atoms with van der Waals surface area (Å²) in [6.45, 7) is 4.33. The van der Waals surface area contributed by atoms with Crippen LogP contribution in [-0.4, -0.2) is 4.98 Å². The highest BCUT2D eigenvalue weighted by molar-refractivity contribution is 6.20. The van der Waals surface area contributed by atoms with Gasteiger partial charge in [-0.25, -0.2) is 0 Å². The summed E-state index contributed by atoms with van der Waals surface area (Å²) in [4.78, 5) is 3.54. The fourth-order valence-corrected chi connectivity index (χ4v) is 3.06. The summed E-state index contributed by atoms with van der Waals surface area (Å²) in [7, 11) is 0. The number of nitrogens with one attached hydrogen (secondary N) is 1.